The van der Waals surface area contributed by atoms with Crippen molar-refractivity contribution in [1.29, 1.82) is 0 Å². The van der Waals surface area contributed by atoms with E-state index in [9.17, 15) is 4.79 Å². The number of ether oxygens (including phenoxy) is 1. The van der Waals surface area contributed by atoms with Crippen LogP contribution >= 0.6 is 0 Å². The number of hydrogen-bond donors (Lipinski definition) is 0. The molecule has 0 amide bonds. The molecule has 0 bridgehead atoms. The van der Waals surface area contributed by atoms with Crippen molar-refractivity contribution < 1.29 is 9.53 Å². The van der Waals surface area contributed by atoms with Crippen molar-refractivity contribution in [3.8, 4) is 12.3 Å². The highest BCUT2D eigenvalue weighted by atomic mass is 16.5. The molecule has 1 aromatic carbocycles. The Kier molecular flexibility index (Phi) is 4.35. The molecule has 1 rings (SSSR count). The third-order valence-corrected chi connectivity index (χ3v) is 2.09. The van der Waals surface area contributed by atoms with Crippen molar-refractivity contribution in [2.24, 2.45) is 0 Å². The number of carbonyl (C=O) groups is 1. The smallest absolute Gasteiger partial charge is 0.333 e. The number of esters is 1. The SMILES string of the molecule is C#Cc1ccc(CCOC(=O)C(=C)C)cc1. The van der Waals surface area contributed by atoms with Crippen LogP contribution in [-0.4, -0.2) is 12.6 Å². The molecule has 82 valence electrons. The van der Waals surface area contributed by atoms with Crippen LogP contribution in [-0.2, 0) is 16.0 Å². The monoisotopic (exact) mass is 214 g/mol. The van der Waals surface area contributed by atoms with Crippen LogP contribution in [0.5, 0.6) is 0 Å². The molecule has 2 nitrogen and oxygen atoms in total. The van der Waals surface area contributed by atoms with Crippen LogP contribution in [0.2, 0.25) is 0 Å². The zero-order valence-corrected chi connectivity index (χ0v) is 9.32. The Morgan fingerprint density at radius 1 is 1.44 bits per heavy atom. The van der Waals surface area contributed by atoms with Gasteiger partial charge in [-0.2, -0.15) is 0 Å². The van der Waals surface area contributed by atoms with Crippen molar-refractivity contribution >= 4 is 5.97 Å². The normalized spacial score (nSPS) is 9.25. The van der Waals surface area contributed by atoms with Crippen molar-refractivity contribution in [2.75, 3.05) is 6.61 Å². The van der Waals surface area contributed by atoms with Gasteiger partial charge in [0.05, 0.1) is 6.61 Å². The lowest BCUT2D eigenvalue weighted by molar-refractivity contribution is -0.138. The molecule has 0 N–H and O–H groups in total. The number of rotatable bonds is 4. The average molecular weight is 214 g/mol. The van der Waals surface area contributed by atoms with Gasteiger partial charge in [-0.15, -0.1) is 6.42 Å². The molecule has 0 spiro atoms. The van der Waals surface area contributed by atoms with Crippen molar-refractivity contribution in [2.45, 2.75) is 13.3 Å². The van der Waals surface area contributed by atoms with E-state index >= 15 is 0 Å². The highest BCUT2D eigenvalue weighted by Crippen LogP contribution is 2.04. The van der Waals surface area contributed by atoms with Gasteiger partial charge >= 0.3 is 5.97 Å². The van der Waals surface area contributed by atoms with E-state index < -0.39 is 0 Å². The number of terminal acetylenes is 1. The lowest BCUT2D eigenvalue weighted by Crippen LogP contribution is -2.07. The van der Waals surface area contributed by atoms with Gasteiger partial charge in [0.1, 0.15) is 0 Å². The maximum absolute atomic E-state index is 11.1. The first-order valence-corrected chi connectivity index (χ1v) is 5.01. The Labute approximate surface area is 95.9 Å². The minimum absolute atomic E-state index is 0.347. The number of hydrogen-bond acceptors (Lipinski definition) is 2. The molecule has 0 saturated carbocycles. The fourth-order valence-corrected chi connectivity index (χ4v) is 1.15. The first-order chi connectivity index (χ1) is 7.63. The maximum Gasteiger partial charge on any atom is 0.333 e. The topological polar surface area (TPSA) is 26.3 Å². The van der Waals surface area contributed by atoms with E-state index in [0.717, 1.165) is 11.1 Å². The molecule has 0 aromatic heterocycles. The molecule has 0 radical (unpaired) electrons. The van der Waals surface area contributed by atoms with Gasteiger partial charge in [0.2, 0.25) is 0 Å². The minimum Gasteiger partial charge on any atom is -0.462 e. The van der Waals surface area contributed by atoms with Crippen LogP contribution in [0.15, 0.2) is 36.4 Å². The van der Waals surface area contributed by atoms with E-state index in [1.807, 2.05) is 24.3 Å². The van der Waals surface area contributed by atoms with Gasteiger partial charge in [0, 0.05) is 17.6 Å². The summed E-state index contributed by atoms with van der Waals surface area (Å²) < 4.78 is 4.99. The van der Waals surface area contributed by atoms with Gasteiger partial charge in [0.15, 0.2) is 0 Å². The lowest BCUT2D eigenvalue weighted by atomic mass is 10.1. The quantitative estimate of drug-likeness (QED) is 0.437. The Bertz CT molecular complexity index is 421. The number of benzene rings is 1. The van der Waals surface area contributed by atoms with Crippen LogP contribution in [0.4, 0.5) is 0 Å². The summed E-state index contributed by atoms with van der Waals surface area (Å²) >= 11 is 0. The van der Waals surface area contributed by atoms with Crippen LogP contribution in [0.3, 0.4) is 0 Å². The first kappa shape index (κ1) is 12.1. The van der Waals surface area contributed by atoms with E-state index in [4.69, 9.17) is 11.2 Å². The van der Waals surface area contributed by atoms with Crippen LogP contribution in [0.25, 0.3) is 0 Å². The van der Waals surface area contributed by atoms with Gasteiger partial charge in [-0.05, 0) is 24.6 Å². The van der Waals surface area contributed by atoms with Gasteiger partial charge in [-0.1, -0.05) is 24.6 Å². The van der Waals surface area contributed by atoms with E-state index in [1.54, 1.807) is 6.92 Å². The van der Waals surface area contributed by atoms with E-state index in [0.29, 0.717) is 18.6 Å². The summed E-state index contributed by atoms with van der Waals surface area (Å²) in [5, 5.41) is 0. The number of carbonyl (C=O) groups excluding carboxylic acids is 1. The van der Waals surface area contributed by atoms with E-state index in [1.165, 1.54) is 0 Å². The maximum atomic E-state index is 11.1. The minimum atomic E-state index is -0.347. The zero-order chi connectivity index (χ0) is 12.0. The Balaban J connectivity index is 2.41. The highest BCUT2D eigenvalue weighted by Gasteiger charge is 2.02. The van der Waals surface area contributed by atoms with Crippen molar-refractivity contribution in [3.63, 3.8) is 0 Å². The summed E-state index contributed by atoms with van der Waals surface area (Å²) in [4.78, 5) is 11.1. The second-order valence-corrected chi connectivity index (χ2v) is 3.51. The summed E-state index contributed by atoms with van der Waals surface area (Å²) in [6.07, 6.45) is 5.93. The van der Waals surface area contributed by atoms with Gasteiger partial charge in [-0.3, -0.25) is 0 Å². The molecule has 0 heterocycles. The second kappa shape index (κ2) is 5.77. The molecule has 0 atom stereocenters. The largest absolute Gasteiger partial charge is 0.462 e. The molecule has 2 heteroatoms. The van der Waals surface area contributed by atoms with E-state index in [-0.39, 0.29) is 5.97 Å². The summed E-state index contributed by atoms with van der Waals surface area (Å²) in [6.45, 7) is 5.50. The predicted octanol–water partition coefficient (Wildman–Crippen LogP) is 2.33. The lowest BCUT2D eigenvalue weighted by Gasteiger charge is -2.04. The Morgan fingerprint density at radius 3 is 2.56 bits per heavy atom. The molecule has 0 unspecified atom stereocenters. The third kappa shape index (κ3) is 3.62. The Morgan fingerprint density at radius 2 is 2.06 bits per heavy atom. The summed E-state index contributed by atoms with van der Waals surface area (Å²) in [6, 6.07) is 7.61. The highest BCUT2D eigenvalue weighted by molar-refractivity contribution is 5.86. The van der Waals surface area contributed by atoms with Crippen molar-refractivity contribution in [1.82, 2.24) is 0 Å². The Hall–Kier alpha value is -2.01. The standard InChI is InChI=1S/C14H14O2/c1-4-12-5-7-13(8-6-12)9-10-16-14(15)11(2)3/h1,5-8H,2,9-10H2,3H3. The van der Waals surface area contributed by atoms with Crippen molar-refractivity contribution in [3.05, 3.63) is 47.5 Å². The molecule has 0 aliphatic carbocycles. The molecule has 0 aliphatic rings. The molecular formula is C14H14O2. The fraction of sp³-hybridized carbons (Fsp3) is 0.214. The zero-order valence-electron chi connectivity index (χ0n) is 9.32. The van der Waals surface area contributed by atoms with Crippen LogP contribution < -0.4 is 0 Å². The molecule has 16 heavy (non-hydrogen) atoms. The summed E-state index contributed by atoms with van der Waals surface area (Å²) in [5.41, 5.74) is 2.36. The first-order valence-electron chi connectivity index (χ1n) is 5.01. The summed E-state index contributed by atoms with van der Waals surface area (Å²) in [5.74, 6) is 2.20. The second-order valence-electron chi connectivity index (χ2n) is 3.51. The van der Waals surface area contributed by atoms with Gasteiger partial charge in [-0.25, -0.2) is 4.79 Å². The average Bonchev–Trinajstić information content (AvgIpc) is 2.29. The molecule has 1 aromatic rings. The summed E-state index contributed by atoms with van der Waals surface area (Å²) in [7, 11) is 0. The van der Waals surface area contributed by atoms with Gasteiger partial charge in [0.25, 0.3) is 0 Å². The predicted molar refractivity (Wildman–Crippen MR) is 63.9 cm³/mol. The molecule has 0 aliphatic heterocycles. The molecule has 0 fully saturated rings. The third-order valence-electron chi connectivity index (χ3n) is 2.09. The fourth-order valence-electron chi connectivity index (χ4n) is 1.15. The van der Waals surface area contributed by atoms with Crippen LogP contribution in [0, 0.1) is 12.3 Å². The molecule has 0 saturated heterocycles. The van der Waals surface area contributed by atoms with E-state index in [2.05, 4.69) is 12.5 Å². The van der Waals surface area contributed by atoms with Gasteiger partial charge < -0.3 is 4.74 Å². The van der Waals surface area contributed by atoms with Crippen LogP contribution in [0.1, 0.15) is 18.1 Å². The molecular weight excluding hydrogens is 200 g/mol.